The highest BCUT2D eigenvalue weighted by Crippen LogP contribution is 2.37. The van der Waals surface area contributed by atoms with Crippen LogP contribution in [0.1, 0.15) is 11.3 Å². The first-order chi connectivity index (χ1) is 9.67. The van der Waals surface area contributed by atoms with Crippen LogP contribution in [0.2, 0.25) is 0 Å². The quantitative estimate of drug-likeness (QED) is 0.855. The summed E-state index contributed by atoms with van der Waals surface area (Å²) in [5, 5.41) is 4.26. The van der Waals surface area contributed by atoms with Crippen molar-refractivity contribution in [1.29, 1.82) is 0 Å². The van der Waals surface area contributed by atoms with Gasteiger partial charge in [-0.05, 0) is 13.0 Å². The molecule has 2 aromatic rings. The van der Waals surface area contributed by atoms with Gasteiger partial charge in [0, 0.05) is 11.6 Å². The molecule has 0 aliphatic carbocycles. The normalized spacial score (nSPS) is 13.1. The summed E-state index contributed by atoms with van der Waals surface area (Å²) < 4.78 is 17.4. The number of nitrogen functional groups attached to an aromatic ring is 1. The molecule has 2 N–H and O–H groups in total. The third-order valence-electron chi connectivity index (χ3n) is 2.88. The van der Waals surface area contributed by atoms with Gasteiger partial charge >= 0.3 is 0 Å². The van der Waals surface area contributed by atoms with Gasteiger partial charge in [0.1, 0.15) is 5.75 Å². The first-order valence-electron chi connectivity index (χ1n) is 6.01. The number of methoxy groups -OCH3 is 1. The second-order valence-corrected chi connectivity index (χ2v) is 4.28. The molecule has 0 amide bonds. The van der Waals surface area contributed by atoms with Crippen molar-refractivity contribution >= 4 is 12.2 Å². The Labute approximate surface area is 115 Å². The highest BCUT2D eigenvalue weighted by atomic mass is 16.7. The van der Waals surface area contributed by atoms with E-state index in [0.717, 1.165) is 11.3 Å². The highest BCUT2D eigenvalue weighted by Gasteiger charge is 2.17. The number of hydrogen-bond donors (Lipinski definition) is 1. The van der Waals surface area contributed by atoms with Gasteiger partial charge < -0.3 is 19.9 Å². The molecule has 1 aromatic heterocycles. The van der Waals surface area contributed by atoms with Gasteiger partial charge in [0.25, 0.3) is 0 Å². The van der Waals surface area contributed by atoms with Crippen molar-refractivity contribution in [1.82, 2.24) is 9.66 Å². The Balaban J connectivity index is 1.96. The molecule has 0 bridgehead atoms. The molecule has 0 saturated heterocycles. The van der Waals surface area contributed by atoms with Gasteiger partial charge in [-0.15, -0.1) is 0 Å². The van der Waals surface area contributed by atoms with Gasteiger partial charge in [-0.1, -0.05) is 0 Å². The zero-order chi connectivity index (χ0) is 14.1. The van der Waals surface area contributed by atoms with E-state index in [0.29, 0.717) is 23.2 Å². The van der Waals surface area contributed by atoms with E-state index in [1.165, 1.54) is 4.68 Å². The van der Waals surface area contributed by atoms with E-state index < -0.39 is 0 Å². The molecule has 2 heterocycles. The minimum Gasteiger partial charge on any atom is -0.496 e. The number of aromatic nitrogens is 2. The van der Waals surface area contributed by atoms with E-state index in [9.17, 15) is 0 Å². The van der Waals surface area contributed by atoms with Gasteiger partial charge in [0.15, 0.2) is 11.5 Å². The van der Waals surface area contributed by atoms with Gasteiger partial charge in [-0.2, -0.15) is 5.10 Å². The van der Waals surface area contributed by atoms with Gasteiger partial charge in [0.05, 0.1) is 25.2 Å². The van der Waals surface area contributed by atoms with Crippen LogP contribution in [0.3, 0.4) is 0 Å². The lowest BCUT2D eigenvalue weighted by atomic mass is 10.2. The third-order valence-corrected chi connectivity index (χ3v) is 2.88. The maximum atomic E-state index is 5.73. The zero-order valence-electron chi connectivity index (χ0n) is 11.2. The fourth-order valence-corrected chi connectivity index (χ4v) is 1.94. The zero-order valence-corrected chi connectivity index (χ0v) is 11.2. The molecule has 104 valence electrons. The summed E-state index contributed by atoms with van der Waals surface area (Å²) in [5.41, 5.74) is 7.30. The summed E-state index contributed by atoms with van der Waals surface area (Å²) in [7, 11) is 1.59. The molecule has 20 heavy (non-hydrogen) atoms. The van der Waals surface area contributed by atoms with Crippen molar-refractivity contribution in [2.45, 2.75) is 6.92 Å². The first-order valence-corrected chi connectivity index (χ1v) is 6.01. The van der Waals surface area contributed by atoms with Crippen molar-refractivity contribution in [3.05, 3.63) is 29.6 Å². The second kappa shape index (κ2) is 4.76. The van der Waals surface area contributed by atoms with Gasteiger partial charge in [-0.3, -0.25) is 0 Å². The van der Waals surface area contributed by atoms with Crippen LogP contribution in [0, 0.1) is 6.92 Å². The standard InChI is InChI=1S/C13H14N4O3/c1-8-6-17(13(14)16-8)15-5-9-3-11-12(20-7-19-11)4-10(9)18-2/h3-6H,7H2,1-2H3,(H2,14,16). The molecule has 7 nitrogen and oxygen atoms in total. The Morgan fingerprint density at radius 2 is 2.15 bits per heavy atom. The van der Waals surface area contributed by atoms with E-state index in [1.807, 2.05) is 13.0 Å². The number of nitrogens with zero attached hydrogens (tertiary/aromatic N) is 3. The van der Waals surface area contributed by atoms with Crippen LogP contribution in [0.15, 0.2) is 23.4 Å². The van der Waals surface area contributed by atoms with Crippen molar-refractivity contribution < 1.29 is 14.2 Å². The molecule has 0 unspecified atom stereocenters. The first kappa shape index (κ1) is 12.3. The molecule has 0 atom stereocenters. The number of imidazole rings is 1. The lowest BCUT2D eigenvalue weighted by Crippen LogP contribution is -1.98. The average Bonchev–Trinajstić information content (AvgIpc) is 3.00. The maximum absolute atomic E-state index is 5.73. The molecule has 1 aromatic carbocycles. The Kier molecular flexibility index (Phi) is 2.94. The molecule has 3 rings (SSSR count). The monoisotopic (exact) mass is 274 g/mol. The topological polar surface area (TPSA) is 83.9 Å². The Morgan fingerprint density at radius 1 is 1.40 bits per heavy atom. The molecule has 1 aliphatic heterocycles. The van der Waals surface area contributed by atoms with Crippen LogP contribution in [0.25, 0.3) is 0 Å². The average molecular weight is 274 g/mol. The second-order valence-electron chi connectivity index (χ2n) is 4.28. The number of hydrogen-bond acceptors (Lipinski definition) is 6. The van der Waals surface area contributed by atoms with E-state index in [1.54, 1.807) is 25.6 Å². The summed E-state index contributed by atoms with van der Waals surface area (Å²) in [6, 6.07) is 3.58. The fraction of sp³-hybridized carbons (Fsp3) is 0.231. The Morgan fingerprint density at radius 3 is 2.80 bits per heavy atom. The molecule has 0 fully saturated rings. The van der Waals surface area contributed by atoms with Crippen LogP contribution in [-0.2, 0) is 0 Å². The number of nitrogens with two attached hydrogens (primary N) is 1. The number of ether oxygens (including phenoxy) is 3. The van der Waals surface area contributed by atoms with Gasteiger partial charge in [-0.25, -0.2) is 9.66 Å². The number of anilines is 1. The van der Waals surface area contributed by atoms with Crippen LogP contribution >= 0.6 is 0 Å². The molecular weight excluding hydrogens is 260 g/mol. The predicted octanol–water partition coefficient (Wildman–Crippen LogP) is 1.39. The fourth-order valence-electron chi connectivity index (χ4n) is 1.94. The van der Waals surface area contributed by atoms with E-state index in [4.69, 9.17) is 19.9 Å². The lowest BCUT2D eigenvalue weighted by molar-refractivity contribution is 0.174. The van der Waals surface area contributed by atoms with E-state index in [-0.39, 0.29) is 6.79 Å². The molecular formula is C13H14N4O3. The van der Waals surface area contributed by atoms with Crippen molar-refractivity contribution in [3.63, 3.8) is 0 Å². The summed E-state index contributed by atoms with van der Waals surface area (Å²) in [6.45, 7) is 2.07. The predicted molar refractivity (Wildman–Crippen MR) is 73.5 cm³/mol. The number of benzene rings is 1. The molecule has 1 aliphatic rings. The third kappa shape index (κ3) is 2.13. The molecule has 0 saturated carbocycles. The summed E-state index contributed by atoms with van der Waals surface area (Å²) in [6.07, 6.45) is 3.38. The summed E-state index contributed by atoms with van der Waals surface area (Å²) in [5.74, 6) is 2.31. The minimum absolute atomic E-state index is 0.215. The maximum Gasteiger partial charge on any atom is 0.231 e. The van der Waals surface area contributed by atoms with Gasteiger partial charge in [0.2, 0.25) is 12.7 Å². The van der Waals surface area contributed by atoms with E-state index >= 15 is 0 Å². The van der Waals surface area contributed by atoms with Crippen molar-refractivity contribution in [2.75, 3.05) is 19.6 Å². The van der Waals surface area contributed by atoms with Crippen LogP contribution in [0.4, 0.5) is 5.95 Å². The molecule has 0 spiro atoms. The van der Waals surface area contributed by atoms with Crippen molar-refractivity contribution in [3.8, 4) is 17.2 Å². The Hall–Kier alpha value is -2.70. The van der Waals surface area contributed by atoms with Crippen LogP contribution in [-0.4, -0.2) is 29.8 Å². The van der Waals surface area contributed by atoms with Crippen LogP contribution < -0.4 is 19.9 Å². The van der Waals surface area contributed by atoms with Crippen molar-refractivity contribution in [2.24, 2.45) is 5.10 Å². The van der Waals surface area contributed by atoms with Crippen LogP contribution in [0.5, 0.6) is 17.2 Å². The molecule has 7 heteroatoms. The SMILES string of the molecule is COc1cc2c(cc1C=Nn1cc(C)nc1N)OCO2. The summed E-state index contributed by atoms with van der Waals surface area (Å²) in [4.78, 5) is 4.07. The van der Waals surface area contributed by atoms with E-state index in [2.05, 4.69) is 10.1 Å². The highest BCUT2D eigenvalue weighted by molar-refractivity contribution is 5.85. The largest absolute Gasteiger partial charge is 0.496 e. The minimum atomic E-state index is 0.215. The lowest BCUT2D eigenvalue weighted by Gasteiger charge is -2.06. The summed E-state index contributed by atoms with van der Waals surface area (Å²) >= 11 is 0. The molecule has 0 radical (unpaired) electrons. The number of fused-ring (bicyclic) bond motifs is 1. The number of rotatable bonds is 3. The smallest absolute Gasteiger partial charge is 0.231 e. The number of aryl methyl sites for hydroxylation is 1. The Bertz CT molecular complexity index is 678.